The van der Waals surface area contributed by atoms with E-state index in [1.165, 1.54) is 0 Å². The molecule has 0 aromatic heterocycles. The molecule has 3 aliphatic rings. The van der Waals surface area contributed by atoms with Crippen LogP contribution < -0.4 is 5.73 Å². The average Bonchev–Trinajstić information content (AvgIpc) is 2.86. The molecule has 2 saturated heterocycles. The Bertz CT molecular complexity index is 802. The summed E-state index contributed by atoms with van der Waals surface area (Å²) >= 11 is 0. The zero-order chi connectivity index (χ0) is 28.7. The third-order valence-corrected chi connectivity index (χ3v) is 7.12. The van der Waals surface area contributed by atoms with Gasteiger partial charge in [-0.05, 0) is 0 Å². The number of hydrogen-bond acceptors (Lipinski definition) is 17. The molecule has 38 heavy (non-hydrogen) atoms. The second kappa shape index (κ2) is 12.6. The summed E-state index contributed by atoms with van der Waals surface area (Å²) in [5, 5.41) is 101. The van der Waals surface area contributed by atoms with E-state index in [1.807, 2.05) is 0 Å². The van der Waals surface area contributed by atoms with Crippen molar-refractivity contribution >= 4 is 7.82 Å². The molecule has 0 spiro atoms. The van der Waals surface area contributed by atoms with Gasteiger partial charge in [0.25, 0.3) is 0 Å². The van der Waals surface area contributed by atoms with E-state index in [2.05, 4.69) is 4.52 Å². The molecule has 16 atom stereocenters. The second-order valence-electron chi connectivity index (χ2n) is 9.25. The lowest BCUT2D eigenvalue weighted by Crippen LogP contribution is -2.69. The van der Waals surface area contributed by atoms with Crippen molar-refractivity contribution in [3.05, 3.63) is 0 Å². The van der Waals surface area contributed by atoms with E-state index in [0.29, 0.717) is 0 Å². The molecule has 0 aromatic rings. The number of hydrogen-bond donors (Lipinski definition) is 13. The number of nitrogens with two attached hydrogens (primary N) is 1. The first-order chi connectivity index (χ1) is 17.6. The molecule has 0 radical (unpaired) electrons. The summed E-state index contributed by atoms with van der Waals surface area (Å²) in [4.78, 5) is 17.7. The van der Waals surface area contributed by atoms with Crippen LogP contribution in [0.25, 0.3) is 0 Å². The number of aliphatic hydroxyl groups excluding tert-OH is 10. The Labute approximate surface area is 214 Å². The van der Waals surface area contributed by atoms with Crippen LogP contribution >= 0.6 is 7.82 Å². The van der Waals surface area contributed by atoms with Crippen LogP contribution in [0.15, 0.2) is 0 Å². The number of phosphoric ester groups is 1. The molecule has 19 nitrogen and oxygen atoms in total. The Morgan fingerprint density at radius 3 is 1.63 bits per heavy atom. The number of ether oxygens (including phenoxy) is 4. The van der Waals surface area contributed by atoms with Crippen LogP contribution in [0.1, 0.15) is 0 Å². The Balaban J connectivity index is 1.72. The summed E-state index contributed by atoms with van der Waals surface area (Å²) < 4.78 is 36.8. The quantitative estimate of drug-likeness (QED) is 0.118. The minimum Gasteiger partial charge on any atom is -0.394 e. The molecule has 0 bridgehead atoms. The summed E-state index contributed by atoms with van der Waals surface area (Å²) in [6, 6.07) is -1.56. The van der Waals surface area contributed by atoms with Gasteiger partial charge in [-0.15, -0.1) is 0 Å². The largest absolute Gasteiger partial charge is 0.469 e. The average molecular weight is 583 g/mol. The van der Waals surface area contributed by atoms with Gasteiger partial charge in [0, 0.05) is 0 Å². The molecule has 2 heterocycles. The molecule has 2 unspecified atom stereocenters. The smallest absolute Gasteiger partial charge is 0.394 e. The van der Waals surface area contributed by atoms with E-state index in [-0.39, 0.29) is 0 Å². The van der Waals surface area contributed by atoms with Crippen molar-refractivity contribution in [2.45, 2.75) is 98.0 Å². The van der Waals surface area contributed by atoms with Gasteiger partial charge >= 0.3 is 7.82 Å². The highest BCUT2D eigenvalue weighted by atomic mass is 31.2. The third-order valence-electron chi connectivity index (χ3n) is 6.63. The first-order valence-corrected chi connectivity index (χ1v) is 12.9. The highest BCUT2D eigenvalue weighted by molar-refractivity contribution is 7.46. The summed E-state index contributed by atoms with van der Waals surface area (Å²) in [6.45, 7) is -1.82. The maximum Gasteiger partial charge on any atom is 0.469 e. The zero-order valence-corrected chi connectivity index (χ0v) is 20.4. The fourth-order valence-corrected chi connectivity index (χ4v) is 4.72. The summed E-state index contributed by atoms with van der Waals surface area (Å²) in [6.07, 6.45) is -27.3. The van der Waals surface area contributed by atoms with Crippen molar-refractivity contribution in [2.24, 2.45) is 5.73 Å². The molecule has 14 N–H and O–H groups in total. The summed E-state index contributed by atoms with van der Waals surface area (Å²) in [5.41, 5.74) is 5.95. The monoisotopic (exact) mass is 583 g/mol. The summed E-state index contributed by atoms with van der Waals surface area (Å²) in [7, 11) is -5.00. The molecule has 1 aliphatic carbocycles. The molecular formula is C18H34NO18P. The van der Waals surface area contributed by atoms with Gasteiger partial charge in [-0.3, -0.25) is 4.52 Å². The van der Waals surface area contributed by atoms with Gasteiger partial charge in [-0.1, -0.05) is 0 Å². The van der Waals surface area contributed by atoms with Gasteiger partial charge < -0.3 is 85.5 Å². The van der Waals surface area contributed by atoms with Crippen LogP contribution in [-0.2, 0) is 28.0 Å². The third kappa shape index (κ3) is 6.69. The lowest BCUT2D eigenvalue weighted by molar-refractivity contribution is -0.357. The second-order valence-corrected chi connectivity index (χ2v) is 10.5. The van der Waals surface area contributed by atoms with Crippen LogP contribution in [-0.4, -0.2) is 172 Å². The Kier molecular flexibility index (Phi) is 10.6. The predicted molar refractivity (Wildman–Crippen MR) is 114 cm³/mol. The molecule has 0 amide bonds. The fourth-order valence-electron chi connectivity index (χ4n) is 4.38. The molecule has 2 aliphatic heterocycles. The van der Waals surface area contributed by atoms with Gasteiger partial charge in [0.1, 0.15) is 79.4 Å². The van der Waals surface area contributed by atoms with E-state index in [0.717, 1.165) is 0 Å². The zero-order valence-electron chi connectivity index (χ0n) is 19.5. The van der Waals surface area contributed by atoms with Crippen LogP contribution in [0.3, 0.4) is 0 Å². The van der Waals surface area contributed by atoms with E-state index >= 15 is 0 Å². The van der Waals surface area contributed by atoms with Crippen LogP contribution in [0.5, 0.6) is 0 Å². The van der Waals surface area contributed by atoms with Crippen LogP contribution in [0.4, 0.5) is 0 Å². The highest BCUT2D eigenvalue weighted by Crippen LogP contribution is 2.37. The van der Waals surface area contributed by atoms with E-state index < -0.39 is 119 Å². The Morgan fingerprint density at radius 2 is 1.11 bits per heavy atom. The molecule has 3 rings (SSSR count). The number of rotatable bonds is 8. The van der Waals surface area contributed by atoms with Crippen LogP contribution in [0.2, 0.25) is 0 Å². The maximum absolute atomic E-state index is 11.0. The lowest BCUT2D eigenvalue weighted by atomic mass is 9.84. The minimum absolute atomic E-state index is 0.882. The van der Waals surface area contributed by atoms with Crippen molar-refractivity contribution < 1.29 is 88.9 Å². The van der Waals surface area contributed by atoms with Crippen molar-refractivity contribution in [3.63, 3.8) is 0 Å². The standard InChI is InChI=1S/C18H34NO18P/c19-5-7(22)15(36-18-14(29)8(23)6(21)4(35-18)2-33-38(30,31)32)3(1-20)34-17(5)37-16-12(27)10(25)9(24)11(26)13(16)28/h3-18,20-29H,1-2,19H2,(H2,30,31,32)/t3-,4+,5-,6-,7-,8+,9?,10-,11+,12-,13-,14+,15-,16?,17-,18-/m1/s1. The summed E-state index contributed by atoms with van der Waals surface area (Å²) in [5.74, 6) is 0. The predicted octanol–water partition coefficient (Wildman–Crippen LogP) is -8.10. The topological polar surface area (TPSA) is 332 Å². The SMILES string of the molecule is N[C@H]1[C@@H](OC2[C@H](O)[C@H](O)C(O)[C@H](O)[C@H]2O)O[C@H](CO)[C@@H](O[C@H]2O[C@@H](COP(=O)(O)O)[C@@H](O)[C@H](O)[C@@H]2O)[C@@H]1O. The normalized spacial score (nSPS) is 50.7. The minimum atomic E-state index is -5.00. The fraction of sp³-hybridized carbons (Fsp3) is 1.00. The molecule has 224 valence electrons. The Morgan fingerprint density at radius 1 is 0.632 bits per heavy atom. The number of phosphoric acid groups is 1. The molecule has 1 saturated carbocycles. The molecular weight excluding hydrogens is 549 g/mol. The van der Waals surface area contributed by atoms with Crippen LogP contribution in [0, 0.1) is 0 Å². The van der Waals surface area contributed by atoms with Gasteiger partial charge in [0.05, 0.1) is 19.3 Å². The Hall–Kier alpha value is -0.490. The van der Waals surface area contributed by atoms with Gasteiger partial charge in [0.15, 0.2) is 12.6 Å². The first kappa shape index (κ1) is 32.0. The molecule has 20 heteroatoms. The maximum atomic E-state index is 11.0. The lowest BCUT2D eigenvalue weighted by Gasteiger charge is -2.48. The van der Waals surface area contributed by atoms with Gasteiger partial charge in [-0.25, -0.2) is 4.57 Å². The highest BCUT2D eigenvalue weighted by Gasteiger charge is 2.54. The molecule has 0 aromatic carbocycles. The first-order valence-electron chi connectivity index (χ1n) is 11.4. The van der Waals surface area contributed by atoms with Gasteiger partial charge in [-0.2, -0.15) is 0 Å². The van der Waals surface area contributed by atoms with Crippen molar-refractivity contribution in [3.8, 4) is 0 Å². The molecule has 3 fully saturated rings. The van der Waals surface area contributed by atoms with E-state index in [9.17, 15) is 55.6 Å². The number of aliphatic hydroxyl groups is 10. The van der Waals surface area contributed by atoms with Crippen molar-refractivity contribution in [2.75, 3.05) is 13.2 Å². The van der Waals surface area contributed by atoms with E-state index in [1.54, 1.807) is 0 Å². The van der Waals surface area contributed by atoms with E-state index in [4.69, 9.17) is 34.5 Å². The van der Waals surface area contributed by atoms with Gasteiger partial charge in [0.2, 0.25) is 0 Å². The van der Waals surface area contributed by atoms with Crippen molar-refractivity contribution in [1.29, 1.82) is 0 Å². The van der Waals surface area contributed by atoms with Crippen molar-refractivity contribution in [1.82, 2.24) is 0 Å².